The molecule has 4 aromatic rings. The summed E-state index contributed by atoms with van der Waals surface area (Å²) in [5.41, 5.74) is 5.79. The maximum Gasteiger partial charge on any atom is 0.330 e. The molecule has 0 bridgehead atoms. The molecule has 2 N–H and O–H groups in total. The van der Waals surface area contributed by atoms with Crippen molar-refractivity contribution in [3.8, 4) is 22.6 Å². The summed E-state index contributed by atoms with van der Waals surface area (Å²) >= 11 is 0. The van der Waals surface area contributed by atoms with Gasteiger partial charge in [0.25, 0.3) is 6.48 Å². The smallest absolute Gasteiger partial charge is 0.330 e. The number of methoxy groups -OCH3 is 1. The number of hydrogen-bond acceptors (Lipinski definition) is 10. The number of benzene rings is 4. The van der Waals surface area contributed by atoms with Gasteiger partial charge in [0.1, 0.15) is 50.1 Å². The van der Waals surface area contributed by atoms with Gasteiger partial charge in [-0.3, -0.25) is 0 Å². The van der Waals surface area contributed by atoms with Gasteiger partial charge in [-0.1, -0.05) is 86.0 Å². The van der Waals surface area contributed by atoms with E-state index in [4.69, 9.17) is 28.4 Å². The summed E-state index contributed by atoms with van der Waals surface area (Å²) in [7, 11) is 1.28. The fourth-order valence-corrected chi connectivity index (χ4v) is 5.87. The molecular weight excluding hydrogens is 628 g/mol. The molecule has 0 fully saturated rings. The quantitative estimate of drug-likeness (QED) is 0.0801. The van der Waals surface area contributed by atoms with E-state index in [1.807, 2.05) is 72.8 Å². The molecule has 0 amide bonds. The third-order valence-corrected chi connectivity index (χ3v) is 8.08. The maximum absolute atomic E-state index is 11.6. The predicted octanol–water partition coefficient (Wildman–Crippen LogP) is 4.93. The van der Waals surface area contributed by atoms with Gasteiger partial charge in [0, 0.05) is 19.3 Å². The standard InChI is InChI=1S/C39H38O10/c1-4-36(41)47-23-28(40)22-45-29-18-14-26(15-19-29)39(34-12-8-6-10-32(34)33-11-7-9-13-35(33)39)27-16-20-30(21-17-27)46-24-31(49-38(43)44-3)25-48-37(42)5-2/h4-21,28,31,38,40,43H,1-2,22-25H2,3H3. The molecule has 3 atom stereocenters. The molecule has 3 unspecified atom stereocenters. The number of rotatable bonds is 17. The van der Waals surface area contributed by atoms with Crippen molar-refractivity contribution in [2.75, 3.05) is 33.5 Å². The first-order valence-corrected chi connectivity index (χ1v) is 15.6. The summed E-state index contributed by atoms with van der Waals surface area (Å²) in [6.07, 6.45) is 0.256. The van der Waals surface area contributed by atoms with E-state index in [9.17, 15) is 19.8 Å². The van der Waals surface area contributed by atoms with Crippen molar-refractivity contribution in [2.24, 2.45) is 0 Å². The molecule has 0 spiro atoms. The Morgan fingerprint density at radius 1 is 0.673 bits per heavy atom. The van der Waals surface area contributed by atoms with Crippen molar-refractivity contribution < 1.29 is 48.2 Å². The molecule has 0 aromatic heterocycles. The van der Waals surface area contributed by atoms with E-state index in [-0.39, 0.29) is 26.4 Å². The average molecular weight is 667 g/mol. The largest absolute Gasteiger partial charge is 0.491 e. The molecule has 49 heavy (non-hydrogen) atoms. The molecule has 254 valence electrons. The highest BCUT2D eigenvalue weighted by molar-refractivity contribution is 5.86. The van der Waals surface area contributed by atoms with Crippen LogP contribution in [0.1, 0.15) is 22.3 Å². The van der Waals surface area contributed by atoms with E-state index < -0.39 is 36.0 Å². The van der Waals surface area contributed by atoms with E-state index in [1.54, 1.807) is 0 Å². The Hall–Kier alpha value is -5.26. The van der Waals surface area contributed by atoms with E-state index in [1.165, 1.54) is 7.11 Å². The second-order valence-corrected chi connectivity index (χ2v) is 11.1. The molecule has 0 aliphatic heterocycles. The number of fused-ring (bicyclic) bond motifs is 3. The van der Waals surface area contributed by atoms with Gasteiger partial charge in [-0.15, -0.1) is 0 Å². The van der Waals surface area contributed by atoms with Crippen LogP contribution in [0.2, 0.25) is 0 Å². The fourth-order valence-electron chi connectivity index (χ4n) is 5.87. The summed E-state index contributed by atoms with van der Waals surface area (Å²) in [5, 5.41) is 20.0. The minimum atomic E-state index is -1.52. The van der Waals surface area contributed by atoms with Gasteiger partial charge < -0.3 is 38.6 Å². The normalized spacial score (nSPS) is 14.3. The topological polar surface area (TPSA) is 130 Å². The fraction of sp³-hybridized carbons (Fsp3) is 0.231. The van der Waals surface area contributed by atoms with Gasteiger partial charge in [-0.2, -0.15) is 0 Å². The van der Waals surface area contributed by atoms with E-state index in [0.717, 1.165) is 45.5 Å². The molecule has 0 saturated heterocycles. The lowest BCUT2D eigenvalue weighted by Gasteiger charge is -2.34. The zero-order chi connectivity index (χ0) is 34.8. The van der Waals surface area contributed by atoms with E-state index in [0.29, 0.717) is 11.5 Å². The molecule has 10 nitrogen and oxygen atoms in total. The number of hydrogen-bond donors (Lipinski definition) is 2. The van der Waals surface area contributed by atoms with Crippen LogP contribution in [0.5, 0.6) is 11.5 Å². The Kier molecular flexibility index (Phi) is 11.6. The van der Waals surface area contributed by atoms with Crippen LogP contribution in [0.3, 0.4) is 0 Å². The second kappa shape index (κ2) is 16.2. The van der Waals surface area contributed by atoms with Crippen molar-refractivity contribution in [3.05, 3.63) is 145 Å². The molecule has 1 aliphatic carbocycles. The lowest BCUT2D eigenvalue weighted by atomic mass is 9.68. The first-order chi connectivity index (χ1) is 23.8. The van der Waals surface area contributed by atoms with Crippen LogP contribution in [0.25, 0.3) is 11.1 Å². The summed E-state index contributed by atoms with van der Waals surface area (Å²) in [6.45, 7) is 4.73. The Morgan fingerprint density at radius 2 is 1.14 bits per heavy atom. The second-order valence-electron chi connectivity index (χ2n) is 11.1. The van der Waals surface area contributed by atoms with Crippen molar-refractivity contribution >= 4 is 11.9 Å². The van der Waals surface area contributed by atoms with Crippen LogP contribution in [0.4, 0.5) is 0 Å². The molecule has 1 aliphatic rings. The van der Waals surface area contributed by atoms with E-state index in [2.05, 4.69) is 37.4 Å². The summed E-state index contributed by atoms with van der Waals surface area (Å²) in [5.74, 6) is -0.159. The monoisotopic (exact) mass is 666 g/mol. The zero-order valence-electron chi connectivity index (χ0n) is 27.0. The van der Waals surface area contributed by atoms with Gasteiger partial charge in [0.15, 0.2) is 0 Å². The Bertz CT molecular complexity index is 1700. The highest BCUT2D eigenvalue weighted by Crippen LogP contribution is 2.56. The minimum absolute atomic E-state index is 0.0339. The van der Waals surface area contributed by atoms with Crippen molar-refractivity contribution in [1.29, 1.82) is 0 Å². The number of esters is 2. The number of carbonyl (C=O) groups is 2. The van der Waals surface area contributed by atoms with E-state index >= 15 is 0 Å². The maximum atomic E-state index is 11.6. The Balaban J connectivity index is 1.43. The van der Waals surface area contributed by atoms with Crippen LogP contribution >= 0.6 is 0 Å². The predicted molar refractivity (Wildman–Crippen MR) is 181 cm³/mol. The molecule has 0 saturated carbocycles. The lowest BCUT2D eigenvalue weighted by molar-refractivity contribution is -0.277. The van der Waals surface area contributed by atoms with Crippen molar-refractivity contribution in [2.45, 2.75) is 24.1 Å². The zero-order valence-corrected chi connectivity index (χ0v) is 27.0. The molecule has 5 rings (SSSR count). The first kappa shape index (κ1) is 35.1. The highest BCUT2D eigenvalue weighted by Gasteiger charge is 2.45. The van der Waals surface area contributed by atoms with Gasteiger partial charge >= 0.3 is 11.9 Å². The van der Waals surface area contributed by atoms with Crippen LogP contribution in [0.15, 0.2) is 122 Å². The van der Waals surface area contributed by atoms with Crippen LogP contribution in [-0.2, 0) is 34.0 Å². The minimum Gasteiger partial charge on any atom is -0.491 e. The average Bonchev–Trinajstić information content (AvgIpc) is 3.45. The number of ether oxygens (including phenoxy) is 6. The number of aliphatic hydroxyl groups is 2. The third-order valence-electron chi connectivity index (χ3n) is 8.08. The molecule has 0 radical (unpaired) electrons. The molecule has 0 heterocycles. The molecular formula is C39H38O10. The third kappa shape index (κ3) is 7.90. The van der Waals surface area contributed by atoms with Crippen LogP contribution in [0, 0.1) is 0 Å². The number of aliphatic hydroxyl groups excluding tert-OH is 2. The summed E-state index contributed by atoms with van der Waals surface area (Å²) < 4.78 is 32.0. The highest BCUT2D eigenvalue weighted by atomic mass is 16.8. The van der Waals surface area contributed by atoms with Gasteiger partial charge in [0.2, 0.25) is 0 Å². The SMILES string of the molecule is C=CC(=O)OCC(O)COc1ccc(C2(c3ccc(OCC(COC(=O)C=C)OC(O)OC)cc3)c3ccccc3-c3ccccc32)cc1. The van der Waals surface area contributed by atoms with Crippen molar-refractivity contribution in [3.63, 3.8) is 0 Å². The van der Waals surface area contributed by atoms with Gasteiger partial charge in [-0.05, 0) is 57.6 Å². The van der Waals surface area contributed by atoms with Crippen LogP contribution < -0.4 is 9.47 Å². The van der Waals surface area contributed by atoms with Crippen LogP contribution in [-0.4, -0.2) is 74.4 Å². The summed E-state index contributed by atoms with van der Waals surface area (Å²) in [6, 6.07) is 32.1. The first-order valence-electron chi connectivity index (χ1n) is 15.6. The Labute approximate surface area is 284 Å². The van der Waals surface area contributed by atoms with Gasteiger partial charge in [0.05, 0.1) is 5.41 Å². The lowest BCUT2D eigenvalue weighted by Crippen LogP contribution is -2.33. The Morgan fingerprint density at radius 3 is 1.63 bits per heavy atom. The van der Waals surface area contributed by atoms with Crippen molar-refractivity contribution in [1.82, 2.24) is 0 Å². The molecule has 10 heteroatoms. The summed E-state index contributed by atoms with van der Waals surface area (Å²) in [4.78, 5) is 22.9. The van der Waals surface area contributed by atoms with Gasteiger partial charge in [-0.25, -0.2) is 9.59 Å². The molecule has 4 aromatic carbocycles. The number of carbonyl (C=O) groups excluding carboxylic acids is 2.